The number of aromatic nitrogens is 1. The molecule has 0 bridgehead atoms. The van der Waals surface area contributed by atoms with E-state index in [1.54, 1.807) is 18.2 Å². The first-order chi connectivity index (χ1) is 14.1. The first-order valence-corrected chi connectivity index (χ1v) is 10.7. The maximum absolute atomic E-state index is 13.4. The molecule has 2 heterocycles. The van der Waals surface area contributed by atoms with Crippen molar-refractivity contribution in [2.45, 2.75) is 45.6 Å². The number of benzene rings is 1. The van der Waals surface area contributed by atoms with Crippen LogP contribution in [0, 0.1) is 0 Å². The van der Waals surface area contributed by atoms with Gasteiger partial charge in [-0.05, 0) is 54.5 Å². The van der Waals surface area contributed by atoms with Gasteiger partial charge in [0.25, 0.3) is 0 Å². The summed E-state index contributed by atoms with van der Waals surface area (Å²) in [4.78, 5) is 17.8. The molecule has 154 valence electrons. The molecule has 0 N–H and O–H groups in total. The van der Waals surface area contributed by atoms with Gasteiger partial charge in [0.15, 0.2) is 23.9 Å². The number of Topliss-reactive ketones (excluding diaryl/α,β-unsaturated/α-hetero) is 1. The van der Waals surface area contributed by atoms with Crippen molar-refractivity contribution in [3.63, 3.8) is 0 Å². The highest BCUT2D eigenvalue weighted by molar-refractivity contribution is 7.77. The molecule has 0 saturated heterocycles. The number of fused-ring (bicyclic) bond motifs is 1. The number of carbonyl (C=O) groups excluding carboxylic acids is 1. The number of hydrogen-bond acceptors (Lipinski definition) is 5. The molecule has 6 heteroatoms. The summed E-state index contributed by atoms with van der Waals surface area (Å²) in [6.07, 6.45) is 6.05. The Kier molecular flexibility index (Phi) is 7.20. The van der Waals surface area contributed by atoms with E-state index in [2.05, 4.69) is 31.0 Å². The highest BCUT2D eigenvalue weighted by Gasteiger charge is 2.29. The van der Waals surface area contributed by atoms with Gasteiger partial charge in [-0.1, -0.05) is 13.8 Å². The van der Waals surface area contributed by atoms with Crippen LogP contribution in [0.3, 0.4) is 0 Å². The minimum Gasteiger partial charge on any atom is -0.758 e. The largest absolute Gasteiger partial charge is 0.758 e. The number of aliphatic imine (C=N–C) groups is 1. The third kappa shape index (κ3) is 4.75. The van der Waals surface area contributed by atoms with E-state index < -0.39 is 6.04 Å². The maximum Gasteiger partial charge on any atom is 0.237 e. The van der Waals surface area contributed by atoms with Crippen LogP contribution >= 0.6 is 0 Å². The summed E-state index contributed by atoms with van der Waals surface area (Å²) in [5, 5.41) is 0.382. The number of pyridine rings is 1. The van der Waals surface area contributed by atoms with Gasteiger partial charge in [0, 0.05) is 24.2 Å². The van der Waals surface area contributed by atoms with E-state index in [1.807, 2.05) is 23.9 Å². The molecule has 0 amide bonds. The summed E-state index contributed by atoms with van der Waals surface area (Å²) in [6, 6.07) is 8.77. The molecule has 0 fully saturated rings. The third-order valence-corrected chi connectivity index (χ3v) is 5.61. The predicted octanol–water partition coefficient (Wildman–Crippen LogP) is 4.04. The van der Waals surface area contributed by atoms with Crippen LogP contribution in [0.15, 0.2) is 47.7 Å². The van der Waals surface area contributed by atoms with Crippen molar-refractivity contribution in [2.24, 2.45) is 4.99 Å². The highest BCUT2D eigenvalue weighted by atomic mass is 32.1. The van der Waals surface area contributed by atoms with E-state index in [0.29, 0.717) is 47.8 Å². The van der Waals surface area contributed by atoms with Crippen LogP contribution in [0.2, 0.25) is 0 Å². The number of hydrogen-bond donors (Lipinski definition) is 0. The Bertz CT molecular complexity index is 876. The second-order valence-corrected chi connectivity index (χ2v) is 7.45. The normalized spacial score (nSPS) is 14.7. The summed E-state index contributed by atoms with van der Waals surface area (Å²) in [7, 11) is 0. The van der Waals surface area contributed by atoms with Crippen LogP contribution < -0.4 is 14.0 Å². The van der Waals surface area contributed by atoms with Crippen molar-refractivity contribution in [1.82, 2.24) is 0 Å². The van der Waals surface area contributed by atoms with Gasteiger partial charge < -0.3 is 27.1 Å². The second-order valence-electron chi connectivity index (χ2n) is 7.03. The van der Waals surface area contributed by atoms with Gasteiger partial charge in [-0.25, -0.2) is 0 Å². The first-order valence-electron chi connectivity index (χ1n) is 10.2. The van der Waals surface area contributed by atoms with Crippen LogP contribution in [0.4, 0.5) is 0 Å². The average molecular weight is 413 g/mol. The zero-order valence-corrected chi connectivity index (χ0v) is 18.1. The Morgan fingerprint density at radius 2 is 1.72 bits per heavy atom. The van der Waals surface area contributed by atoms with E-state index in [4.69, 9.17) is 22.1 Å². The lowest BCUT2D eigenvalue weighted by atomic mass is 9.95. The summed E-state index contributed by atoms with van der Waals surface area (Å²) < 4.78 is 13.0. The molecule has 0 unspecified atom stereocenters. The molecular formula is C23H28N2O3S. The van der Waals surface area contributed by atoms with E-state index in [9.17, 15) is 4.79 Å². The van der Waals surface area contributed by atoms with Crippen molar-refractivity contribution >= 4 is 23.5 Å². The molecule has 0 aliphatic carbocycles. The van der Waals surface area contributed by atoms with E-state index >= 15 is 0 Å². The Hall–Kier alpha value is -2.47. The Balaban J connectivity index is 1.95. The standard InChI is InChI=1S/C23H28N2O3S/c1-4-16(5-2)17-9-11-25(12-10-17)21(23(29)24-6-3)22(26)18-7-8-19-20(15-18)28-14-13-27-19/h7-12,15-16,21H,4-6,13-14H2,1-3H3/t21-/m0/s1. The highest BCUT2D eigenvalue weighted by Crippen LogP contribution is 2.31. The third-order valence-electron chi connectivity index (χ3n) is 5.26. The van der Waals surface area contributed by atoms with Crippen LogP contribution in [0.25, 0.3) is 0 Å². The molecular weight excluding hydrogens is 384 g/mol. The predicted molar refractivity (Wildman–Crippen MR) is 116 cm³/mol. The van der Waals surface area contributed by atoms with E-state index in [0.717, 1.165) is 12.8 Å². The van der Waals surface area contributed by atoms with Gasteiger partial charge in [-0.3, -0.25) is 4.79 Å². The fourth-order valence-corrected chi connectivity index (χ4v) is 3.98. The van der Waals surface area contributed by atoms with Gasteiger partial charge in [0.2, 0.25) is 11.8 Å². The fraction of sp³-hybridized carbons (Fsp3) is 0.435. The smallest absolute Gasteiger partial charge is 0.237 e. The summed E-state index contributed by atoms with van der Waals surface area (Å²) >= 11 is 5.52. The summed E-state index contributed by atoms with van der Waals surface area (Å²) in [6.45, 7) is 7.83. The molecule has 29 heavy (non-hydrogen) atoms. The van der Waals surface area contributed by atoms with E-state index in [-0.39, 0.29) is 5.78 Å². The lowest BCUT2D eigenvalue weighted by Gasteiger charge is -2.21. The first kappa shape index (κ1) is 21.2. The number of nitrogens with zero attached hydrogens (tertiary/aromatic N) is 2. The van der Waals surface area contributed by atoms with Crippen molar-refractivity contribution < 1.29 is 18.8 Å². The molecule has 5 nitrogen and oxygen atoms in total. The number of rotatable bonds is 8. The molecule has 0 saturated carbocycles. The SMILES string of the molecule is CCN=C([S-])[C@H](C(=O)c1ccc2c(c1)OCCO2)[n+]1ccc(C(CC)CC)cc1. The van der Waals surface area contributed by atoms with Crippen molar-refractivity contribution in [3.05, 3.63) is 53.9 Å². The molecule has 1 aliphatic heterocycles. The lowest BCUT2D eigenvalue weighted by Crippen LogP contribution is -2.47. The molecule has 1 aromatic carbocycles. The van der Waals surface area contributed by atoms with Crippen LogP contribution in [0.1, 0.15) is 61.5 Å². The Morgan fingerprint density at radius 1 is 1.07 bits per heavy atom. The van der Waals surface area contributed by atoms with Gasteiger partial charge in [0.1, 0.15) is 13.2 Å². The maximum atomic E-state index is 13.4. The van der Waals surface area contributed by atoms with Gasteiger partial charge in [0.05, 0.1) is 0 Å². The Labute approximate surface area is 178 Å². The fourth-order valence-electron chi connectivity index (χ4n) is 3.63. The van der Waals surface area contributed by atoms with Gasteiger partial charge in [-0.15, -0.1) is 0 Å². The molecule has 1 aliphatic rings. The van der Waals surface area contributed by atoms with E-state index in [1.165, 1.54) is 5.56 Å². The molecule has 0 radical (unpaired) electrons. The van der Waals surface area contributed by atoms with Crippen LogP contribution in [0.5, 0.6) is 11.5 Å². The molecule has 1 atom stereocenters. The number of ketones is 1. The van der Waals surface area contributed by atoms with Gasteiger partial charge in [-0.2, -0.15) is 4.57 Å². The monoisotopic (exact) mass is 412 g/mol. The topological polar surface area (TPSA) is 51.8 Å². The second kappa shape index (κ2) is 9.83. The van der Waals surface area contributed by atoms with Crippen molar-refractivity contribution in [2.75, 3.05) is 19.8 Å². The van der Waals surface area contributed by atoms with Crippen molar-refractivity contribution in [1.29, 1.82) is 0 Å². The molecule has 3 rings (SSSR count). The quantitative estimate of drug-likeness (QED) is 0.216. The summed E-state index contributed by atoms with van der Waals surface area (Å²) in [5.74, 6) is 1.66. The van der Waals surface area contributed by atoms with Gasteiger partial charge >= 0.3 is 0 Å². The van der Waals surface area contributed by atoms with Crippen molar-refractivity contribution in [3.8, 4) is 11.5 Å². The zero-order valence-electron chi connectivity index (χ0n) is 17.3. The number of carbonyl (C=O) groups is 1. The molecule has 0 spiro atoms. The van der Waals surface area contributed by atoms with Crippen LogP contribution in [-0.4, -0.2) is 30.6 Å². The molecule has 2 aromatic rings. The average Bonchev–Trinajstić information content (AvgIpc) is 2.75. The summed E-state index contributed by atoms with van der Waals surface area (Å²) in [5.41, 5.74) is 1.81. The number of ether oxygens (including phenoxy) is 2. The minimum absolute atomic E-state index is 0.107. The minimum atomic E-state index is -0.664. The lowest BCUT2D eigenvalue weighted by molar-refractivity contribution is -0.692. The molecule has 1 aromatic heterocycles. The zero-order chi connectivity index (χ0) is 20.8. The Morgan fingerprint density at radius 3 is 2.34 bits per heavy atom. The van der Waals surface area contributed by atoms with Crippen LogP contribution in [-0.2, 0) is 12.6 Å².